The lowest BCUT2D eigenvalue weighted by Gasteiger charge is -2.21. The van der Waals surface area contributed by atoms with E-state index in [2.05, 4.69) is 0 Å². The van der Waals surface area contributed by atoms with Gasteiger partial charge in [0.2, 0.25) is 11.6 Å². The van der Waals surface area contributed by atoms with Crippen LogP contribution in [0.1, 0.15) is 32.4 Å². The fourth-order valence-electron chi connectivity index (χ4n) is 2.65. The standard InChI is InChI=1S/C17H14O5/c18-8-14(19)15(20)9-5-6-12-13(7-9)10-3-1-2-4-11(10)16(21)17(12)22/h1-7,14-15,18-20H,8H2. The minimum Gasteiger partial charge on any atom is -0.394 e. The highest BCUT2D eigenvalue weighted by Gasteiger charge is 2.31. The monoisotopic (exact) mass is 298 g/mol. The van der Waals surface area contributed by atoms with Crippen LogP contribution in [0.2, 0.25) is 0 Å². The molecule has 0 radical (unpaired) electrons. The van der Waals surface area contributed by atoms with Gasteiger partial charge < -0.3 is 15.3 Å². The Balaban J connectivity index is 2.17. The van der Waals surface area contributed by atoms with Gasteiger partial charge in [0.15, 0.2) is 0 Å². The molecule has 2 aromatic carbocycles. The van der Waals surface area contributed by atoms with Crippen LogP contribution < -0.4 is 0 Å². The highest BCUT2D eigenvalue weighted by atomic mass is 16.4. The highest BCUT2D eigenvalue weighted by Crippen LogP contribution is 2.35. The van der Waals surface area contributed by atoms with Crippen molar-refractivity contribution in [3.05, 3.63) is 59.2 Å². The zero-order chi connectivity index (χ0) is 15.9. The average Bonchev–Trinajstić information content (AvgIpc) is 2.57. The number of aliphatic hydroxyl groups is 3. The molecule has 0 heterocycles. The number of rotatable bonds is 3. The van der Waals surface area contributed by atoms with E-state index in [0.717, 1.165) is 0 Å². The summed E-state index contributed by atoms with van der Waals surface area (Å²) in [5.41, 5.74) is 2.14. The van der Waals surface area contributed by atoms with Crippen LogP contribution >= 0.6 is 0 Å². The van der Waals surface area contributed by atoms with Crippen molar-refractivity contribution >= 4 is 11.6 Å². The first-order valence-electron chi connectivity index (χ1n) is 6.84. The number of aliphatic hydroxyl groups excluding tert-OH is 3. The molecule has 1 aliphatic rings. The molecule has 2 atom stereocenters. The van der Waals surface area contributed by atoms with Crippen LogP contribution in [0.15, 0.2) is 42.5 Å². The van der Waals surface area contributed by atoms with Crippen molar-refractivity contribution in [2.75, 3.05) is 6.61 Å². The number of hydrogen-bond donors (Lipinski definition) is 3. The summed E-state index contributed by atoms with van der Waals surface area (Å²) in [6.07, 6.45) is -2.58. The molecule has 3 rings (SSSR count). The third-order valence-corrected chi connectivity index (χ3v) is 3.85. The summed E-state index contributed by atoms with van der Waals surface area (Å²) in [7, 11) is 0. The van der Waals surface area contributed by atoms with E-state index in [1.54, 1.807) is 30.3 Å². The van der Waals surface area contributed by atoms with Gasteiger partial charge in [-0.15, -0.1) is 0 Å². The Morgan fingerprint density at radius 3 is 2.05 bits per heavy atom. The Morgan fingerprint density at radius 1 is 0.818 bits per heavy atom. The van der Waals surface area contributed by atoms with Crippen molar-refractivity contribution in [2.24, 2.45) is 0 Å². The molecule has 2 aromatic rings. The van der Waals surface area contributed by atoms with Crippen LogP contribution in [0.3, 0.4) is 0 Å². The van der Waals surface area contributed by atoms with E-state index in [1.807, 2.05) is 0 Å². The number of Topliss-reactive ketones (excluding diaryl/α,β-unsaturated/α-hetero) is 2. The maximum absolute atomic E-state index is 12.1. The topological polar surface area (TPSA) is 94.8 Å². The number of carbonyl (C=O) groups is 2. The minimum atomic E-state index is -1.31. The van der Waals surface area contributed by atoms with E-state index in [0.29, 0.717) is 22.3 Å². The highest BCUT2D eigenvalue weighted by molar-refractivity contribution is 6.52. The summed E-state index contributed by atoms with van der Waals surface area (Å²) in [6.45, 7) is -0.577. The second-order valence-corrected chi connectivity index (χ2v) is 5.20. The Labute approximate surface area is 126 Å². The molecule has 2 unspecified atom stereocenters. The zero-order valence-electron chi connectivity index (χ0n) is 11.6. The maximum Gasteiger partial charge on any atom is 0.234 e. The van der Waals surface area contributed by atoms with Crippen molar-refractivity contribution < 1.29 is 24.9 Å². The van der Waals surface area contributed by atoms with Crippen LogP contribution in [0.25, 0.3) is 11.1 Å². The number of hydrogen-bond acceptors (Lipinski definition) is 5. The Bertz CT molecular complexity index is 765. The summed E-state index contributed by atoms with van der Waals surface area (Å²) >= 11 is 0. The van der Waals surface area contributed by atoms with E-state index in [-0.39, 0.29) is 5.56 Å². The van der Waals surface area contributed by atoms with E-state index in [9.17, 15) is 19.8 Å². The Morgan fingerprint density at radius 2 is 1.41 bits per heavy atom. The average molecular weight is 298 g/mol. The van der Waals surface area contributed by atoms with Gasteiger partial charge in [-0.05, 0) is 28.8 Å². The summed E-state index contributed by atoms with van der Waals surface area (Å²) in [4.78, 5) is 24.2. The summed E-state index contributed by atoms with van der Waals surface area (Å²) < 4.78 is 0. The van der Waals surface area contributed by atoms with Gasteiger partial charge in [-0.2, -0.15) is 0 Å². The van der Waals surface area contributed by atoms with Gasteiger partial charge in [0.1, 0.15) is 12.2 Å². The molecule has 0 bridgehead atoms. The van der Waals surface area contributed by atoms with Gasteiger partial charge in [0.25, 0.3) is 0 Å². The maximum atomic E-state index is 12.1. The first-order valence-corrected chi connectivity index (χ1v) is 6.84. The van der Waals surface area contributed by atoms with Crippen molar-refractivity contribution in [1.82, 2.24) is 0 Å². The van der Waals surface area contributed by atoms with Gasteiger partial charge >= 0.3 is 0 Å². The fraction of sp³-hybridized carbons (Fsp3) is 0.176. The third-order valence-electron chi connectivity index (χ3n) is 3.85. The molecular weight excluding hydrogens is 284 g/mol. The van der Waals surface area contributed by atoms with Crippen molar-refractivity contribution in [2.45, 2.75) is 12.2 Å². The molecule has 0 saturated carbocycles. The molecule has 5 heteroatoms. The smallest absolute Gasteiger partial charge is 0.234 e. The van der Waals surface area contributed by atoms with Crippen molar-refractivity contribution in [3.63, 3.8) is 0 Å². The van der Waals surface area contributed by atoms with Crippen LogP contribution in [0.5, 0.6) is 0 Å². The van der Waals surface area contributed by atoms with Crippen LogP contribution in [-0.4, -0.2) is 39.6 Å². The summed E-state index contributed by atoms with van der Waals surface area (Å²) in [6, 6.07) is 11.3. The number of carbonyl (C=O) groups excluding carboxylic acids is 2. The van der Waals surface area contributed by atoms with Gasteiger partial charge in [0.05, 0.1) is 6.61 Å². The van der Waals surface area contributed by atoms with E-state index in [1.165, 1.54) is 12.1 Å². The second-order valence-electron chi connectivity index (χ2n) is 5.20. The largest absolute Gasteiger partial charge is 0.394 e. The predicted octanol–water partition coefficient (Wildman–Crippen LogP) is 1.12. The molecule has 112 valence electrons. The molecule has 0 spiro atoms. The van der Waals surface area contributed by atoms with Gasteiger partial charge in [-0.25, -0.2) is 0 Å². The molecule has 22 heavy (non-hydrogen) atoms. The van der Waals surface area contributed by atoms with Crippen LogP contribution in [0.4, 0.5) is 0 Å². The number of benzene rings is 2. The second kappa shape index (κ2) is 5.46. The van der Waals surface area contributed by atoms with Crippen molar-refractivity contribution in [3.8, 4) is 11.1 Å². The number of ketones is 2. The SMILES string of the molecule is O=C1C(=O)c2ccc(C(O)C(O)CO)cc2-c2ccccc21. The van der Waals surface area contributed by atoms with Gasteiger partial charge in [0, 0.05) is 11.1 Å². The van der Waals surface area contributed by atoms with Crippen molar-refractivity contribution in [1.29, 1.82) is 0 Å². The Kier molecular flexibility index (Phi) is 3.62. The first kappa shape index (κ1) is 14.6. The minimum absolute atomic E-state index is 0.276. The quantitative estimate of drug-likeness (QED) is 0.738. The molecule has 0 aromatic heterocycles. The van der Waals surface area contributed by atoms with E-state index in [4.69, 9.17) is 5.11 Å². The number of fused-ring (bicyclic) bond motifs is 3. The lowest BCUT2D eigenvalue weighted by Crippen LogP contribution is -2.24. The Hall–Kier alpha value is -2.34. The zero-order valence-corrected chi connectivity index (χ0v) is 11.6. The molecule has 3 N–H and O–H groups in total. The lowest BCUT2D eigenvalue weighted by atomic mass is 9.82. The summed E-state index contributed by atoms with van der Waals surface area (Å²) in [5.74, 6) is -1.13. The molecule has 5 nitrogen and oxygen atoms in total. The molecule has 0 amide bonds. The molecular formula is C17H14O5. The predicted molar refractivity (Wildman–Crippen MR) is 78.6 cm³/mol. The lowest BCUT2D eigenvalue weighted by molar-refractivity contribution is -0.0152. The third kappa shape index (κ3) is 2.16. The van der Waals surface area contributed by atoms with Crippen LogP contribution in [-0.2, 0) is 0 Å². The molecule has 0 saturated heterocycles. The van der Waals surface area contributed by atoms with E-state index < -0.39 is 30.4 Å². The molecule has 0 aliphatic heterocycles. The molecule has 1 aliphatic carbocycles. The van der Waals surface area contributed by atoms with E-state index >= 15 is 0 Å². The molecule has 0 fully saturated rings. The summed E-state index contributed by atoms with van der Waals surface area (Å²) in [5, 5.41) is 28.5. The van der Waals surface area contributed by atoms with Gasteiger partial charge in [-0.3, -0.25) is 9.59 Å². The fourth-order valence-corrected chi connectivity index (χ4v) is 2.65. The van der Waals surface area contributed by atoms with Gasteiger partial charge in [-0.1, -0.05) is 30.3 Å². The normalized spacial score (nSPS) is 16.0. The first-order chi connectivity index (χ1) is 10.5. The van der Waals surface area contributed by atoms with Crippen LogP contribution in [0, 0.1) is 0 Å².